The second kappa shape index (κ2) is 8.59. The Labute approximate surface area is 172 Å². The number of hydrogen-bond donors (Lipinski definition) is 2. The van der Waals surface area contributed by atoms with Gasteiger partial charge in [-0.3, -0.25) is 4.79 Å². The van der Waals surface area contributed by atoms with Crippen LogP contribution in [0, 0.1) is 11.3 Å². The number of carbonyl (C=O) groups is 1. The maximum atomic E-state index is 12.7. The lowest BCUT2D eigenvalue weighted by atomic mass is 10.1. The average molecular weight is 412 g/mol. The highest BCUT2D eigenvalue weighted by Crippen LogP contribution is 2.38. The second-order valence-electron chi connectivity index (χ2n) is 7.05. The number of hydrogen-bond acceptors (Lipinski definition) is 7. The Hall–Kier alpha value is -2.96. The Morgan fingerprint density at radius 2 is 2.31 bits per heavy atom. The summed E-state index contributed by atoms with van der Waals surface area (Å²) < 4.78 is 10.9. The van der Waals surface area contributed by atoms with Crippen molar-refractivity contribution in [2.45, 2.75) is 39.2 Å². The number of fused-ring (bicyclic) bond motifs is 1. The third kappa shape index (κ3) is 4.23. The molecule has 1 unspecified atom stereocenters. The number of furan rings is 1. The van der Waals surface area contributed by atoms with Crippen LogP contribution in [0.3, 0.4) is 0 Å². The molecular formula is C20H22N5O3S+. The number of carbonyl (C=O) groups excluding carboxylic acids is 1. The van der Waals surface area contributed by atoms with Gasteiger partial charge in [0.1, 0.15) is 11.1 Å². The zero-order chi connectivity index (χ0) is 20.2. The summed E-state index contributed by atoms with van der Waals surface area (Å²) in [4.78, 5) is 14.9. The topological polar surface area (TPSA) is 109 Å². The first-order valence-electron chi connectivity index (χ1n) is 9.72. The highest BCUT2D eigenvalue weighted by molar-refractivity contribution is 7.16. The van der Waals surface area contributed by atoms with Gasteiger partial charge < -0.3 is 19.1 Å². The molecule has 0 aliphatic heterocycles. The summed E-state index contributed by atoms with van der Waals surface area (Å²) >= 11 is 1.53. The number of nitrogens with one attached hydrogen (secondary N) is 2. The smallest absolute Gasteiger partial charge is 0.283 e. The first-order chi connectivity index (χ1) is 14.2. The number of aromatic nitrogens is 2. The summed E-state index contributed by atoms with van der Waals surface area (Å²) in [6, 6.07) is 5.78. The van der Waals surface area contributed by atoms with Crippen molar-refractivity contribution in [3.05, 3.63) is 40.3 Å². The molecule has 8 nitrogen and oxygen atoms in total. The van der Waals surface area contributed by atoms with E-state index in [1.54, 1.807) is 18.4 Å². The molecule has 0 bridgehead atoms. The largest absolute Gasteiger partial charge is 0.459 e. The summed E-state index contributed by atoms with van der Waals surface area (Å²) in [7, 11) is 0. The number of thiophene rings is 1. The Morgan fingerprint density at radius 1 is 1.41 bits per heavy atom. The summed E-state index contributed by atoms with van der Waals surface area (Å²) in [5, 5.41) is 21.2. The van der Waals surface area contributed by atoms with Crippen LogP contribution in [0.25, 0.3) is 11.7 Å². The maximum absolute atomic E-state index is 12.7. The molecule has 0 saturated carbocycles. The molecule has 1 aliphatic carbocycles. The minimum absolute atomic E-state index is 0.115. The SMILES string of the molecule is CCC[NH+](CC(=O)Nc1sc2c(c1C#N)CCC2)Cc1nnc(-c2ccco2)o1. The molecule has 29 heavy (non-hydrogen) atoms. The molecule has 3 aromatic heterocycles. The van der Waals surface area contributed by atoms with E-state index >= 15 is 0 Å². The number of quaternary nitrogens is 1. The predicted molar refractivity (Wildman–Crippen MR) is 106 cm³/mol. The first-order valence-corrected chi connectivity index (χ1v) is 10.5. The molecule has 0 radical (unpaired) electrons. The molecule has 3 heterocycles. The van der Waals surface area contributed by atoms with Gasteiger partial charge in [0.25, 0.3) is 17.7 Å². The number of nitriles is 1. The van der Waals surface area contributed by atoms with Gasteiger partial charge in [0.2, 0.25) is 0 Å². The van der Waals surface area contributed by atoms with Gasteiger partial charge in [-0.15, -0.1) is 21.5 Å². The molecule has 150 valence electrons. The molecule has 1 amide bonds. The summed E-state index contributed by atoms with van der Waals surface area (Å²) in [5.41, 5.74) is 1.75. The molecule has 1 aliphatic rings. The van der Waals surface area contributed by atoms with Gasteiger partial charge in [-0.1, -0.05) is 6.92 Å². The van der Waals surface area contributed by atoms with Gasteiger partial charge in [-0.25, -0.2) is 0 Å². The van der Waals surface area contributed by atoms with Crippen LogP contribution in [-0.4, -0.2) is 29.2 Å². The van der Waals surface area contributed by atoms with Crippen LogP contribution in [-0.2, 0) is 24.2 Å². The van der Waals surface area contributed by atoms with E-state index in [2.05, 4.69) is 28.5 Å². The average Bonchev–Trinajstić information content (AvgIpc) is 3.46. The number of amides is 1. The van der Waals surface area contributed by atoms with Crippen LogP contribution in [0.5, 0.6) is 0 Å². The van der Waals surface area contributed by atoms with Crippen molar-refractivity contribution < 1.29 is 18.5 Å². The molecule has 1 atom stereocenters. The van der Waals surface area contributed by atoms with E-state index in [0.29, 0.717) is 34.7 Å². The maximum Gasteiger partial charge on any atom is 0.283 e. The Bertz CT molecular complexity index is 1030. The lowest BCUT2D eigenvalue weighted by Crippen LogP contribution is -3.11. The van der Waals surface area contributed by atoms with Crippen molar-refractivity contribution in [1.82, 2.24) is 10.2 Å². The summed E-state index contributed by atoms with van der Waals surface area (Å²) in [6.45, 7) is 3.57. The third-order valence-electron chi connectivity index (χ3n) is 4.90. The normalized spacial score (nSPS) is 13.8. The number of anilines is 1. The van der Waals surface area contributed by atoms with E-state index in [9.17, 15) is 10.1 Å². The van der Waals surface area contributed by atoms with Gasteiger partial charge in [-0.2, -0.15) is 5.26 Å². The number of aryl methyl sites for hydroxylation is 1. The molecule has 0 saturated heterocycles. The Kier molecular flexibility index (Phi) is 5.74. The van der Waals surface area contributed by atoms with E-state index in [1.165, 1.54) is 16.2 Å². The summed E-state index contributed by atoms with van der Waals surface area (Å²) in [6.07, 6.45) is 5.47. The standard InChI is InChI=1S/C20H21N5O3S/c1-2-8-25(12-18-23-24-19(28-18)15-6-4-9-27-15)11-17(26)22-20-14(10-21)13-5-3-7-16(13)29-20/h4,6,9H,2-3,5,7-8,11-12H2,1H3,(H,22,26)/p+1. The molecular weight excluding hydrogens is 390 g/mol. The molecule has 0 fully saturated rings. The molecule has 0 aromatic carbocycles. The molecule has 2 N–H and O–H groups in total. The molecule has 0 spiro atoms. The fourth-order valence-electron chi connectivity index (χ4n) is 3.64. The zero-order valence-electron chi connectivity index (χ0n) is 16.2. The van der Waals surface area contributed by atoms with E-state index in [1.807, 2.05) is 0 Å². The van der Waals surface area contributed by atoms with Gasteiger partial charge in [0.05, 0.1) is 18.4 Å². The van der Waals surface area contributed by atoms with Crippen LogP contribution in [0.4, 0.5) is 5.00 Å². The molecule has 4 rings (SSSR count). The highest BCUT2D eigenvalue weighted by Gasteiger charge is 2.25. The van der Waals surface area contributed by atoms with Crippen molar-refractivity contribution in [2.75, 3.05) is 18.4 Å². The Balaban J connectivity index is 1.41. The van der Waals surface area contributed by atoms with E-state index in [-0.39, 0.29) is 12.5 Å². The molecule has 9 heteroatoms. The van der Waals surface area contributed by atoms with Crippen LogP contribution in [0.2, 0.25) is 0 Å². The van der Waals surface area contributed by atoms with Crippen LogP contribution in [0.1, 0.15) is 41.7 Å². The van der Waals surface area contributed by atoms with Gasteiger partial charge in [0.15, 0.2) is 18.8 Å². The van der Waals surface area contributed by atoms with Crippen molar-refractivity contribution >= 4 is 22.2 Å². The van der Waals surface area contributed by atoms with E-state index in [0.717, 1.165) is 42.7 Å². The highest BCUT2D eigenvalue weighted by atomic mass is 32.1. The van der Waals surface area contributed by atoms with Crippen molar-refractivity contribution in [3.63, 3.8) is 0 Å². The first kappa shape index (κ1) is 19.4. The van der Waals surface area contributed by atoms with Crippen LogP contribution >= 0.6 is 11.3 Å². The number of rotatable bonds is 8. The van der Waals surface area contributed by atoms with Crippen molar-refractivity contribution in [2.24, 2.45) is 0 Å². The minimum atomic E-state index is -0.115. The molecule has 3 aromatic rings. The zero-order valence-corrected chi connectivity index (χ0v) is 17.0. The van der Waals surface area contributed by atoms with Gasteiger partial charge in [-0.05, 0) is 43.4 Å². The van der Waals surface area contributed by atoms with Gasteiger partial charge in [0, 0.05) is 4.88 Å². The Morgan fingerprint density at radius 3 is 3.07 bits per heavy atom. The van der Waals surface area contributed by atoms with Gasteiger partial charge >= 0.3 is 0 Å². The second-order valence-corrected chi connectivity index (χ2v) is 8.16. The van der Waals surface area contributed by atoms with E-state index in [4.69, 9.17) is 8.83 Å². The minimum Gasteiger partial charge on any atom is -0.459 e. The lowest BCUT2D eigenvalue weighted by Gasteiger charge is -2.16. The fourth-order valence-corrected chi connectivity index (χ4v) is 4.90. The number of nitrogens with zero attached hydrogens (tertiary/aromatic N) is 3. The predicted octanol–water partition coefficient (Wildman–Crippen LogP) is 2.19. The van der Waals surface area contributed by atoms with E-state index < -0.39 is 0 Å². The monoisotopic (exact) mass is 412 g/mol. The fraction of sp³-hybridized carbons (Fsp3) is 0.400. The van der Waals surface area contributed by atoms with Crippen molar-refractivity contribution in [1.29, 1.82) is 5.26 Å². The quantitative estimate of drug-likeness (QED) is 0.587. The van der Waals surface area contributed by atoms with Crippen LogP contribution in [0.15, 0.2) is 27.2 Å². The summed E-state index contributed by atoms with van der Waals surface area (Å²) in [5.74, 6) is 1.20. The van der Waals surface area contributed by atoms with Crippen molar-refractivity contribution in [3.8, 4) is 17.7 Å². The van der Waals surface area contributed by atoms with Crippen LogP contribution < -0.4 is 10.2 Å². The third-order valence-corrected chi connectivity index (χ3v) is 6.11. The lowest BCUT2D eigenvalue weighted by molar-refractivity contribution is -0.907.